The van der Waals surface area contributed by atoms with Gasteiger partial charge in [-0.25, -0.2) is 22.2 Å². The maximum atomic E-state index is 14.9. The van der Waals surface area contributed by atoms with Gasteiger partial charge in [-0.3, -0.25) is 9.10 Å². The highest BCUT2D eigenvalue weighted by atomic mass is 35.5. The average molecular weight is 584 g/mol. The summed E-state index contributed by atoms with van der Waals surface area (Å²) in [6.07, 6.45) is 3.98. The van der Waals surface area contributed by atoms with Crippen LogP contribution in [0, 0.1) is 17.6 Å². The number of nitrogens with zero attached hydrogens (tertiary/aromatic N) is 3. The monoisotopic (exact) mass is 583 g/mol. The van der Waals surface area contributed by atoms with Gasteiger partial charge in [0.25, 0.3) is 10.0 Å². The molecule has 0 radical (unpaired) electrons. The number of halogens is 3. The second kappa shape index (κ2) is 12.1. The molecule has 2 heterocycles. The molecule has 2 aromatic carbocycles. The summed E-state index contributed by atoms with van der Waals surface area (Å²) in [6.45, 7) is 2.81. The zero-order valence-corrected chi connectivity index (χ0v) is 23.1. The molecule has 2 unspecified atom stereocenters. The van der Waals surface area contributed by atoms with Crippen LogP contribution in [-0.4, -0.2) is 49.0 Å². The average Bonchev–Trinajstić information content (AvgIpc) is 3.39. The number of aromatic nitrogens is 1. The number of thiazole rings is 1. The van der Waals surface area contributed by atoms with Crippen molar-refractivity contribution in [3.63, 3.8) is 0 Å². The fourth-order valence-corrected chi connectivity index (χ4v) is 7.26. The molecule has 1 aliphatic rings. The molecule has 0 bridgehead atoms. The second-order valence-corrected chi connectivity index (χ2v) is 12.6. The number of hydrogen-bond donors (Lipinski definition) is 1. The summed E-state index contributed by atoms with van der Waals surface area (Å²) in [5.41, 5.74) is -0.442. The van der Waals surface area contributed by atoms with Crippen molar-refractivity contribution in [2.75, 3.05) is 24.0 Å². The molecule has 0 spiro atoms. The Bertz CT molecular complexity index is 1390. The van der Waals surface area contributed by atoms with E-state index in [1.807, 2.05) is 0 Å². The largest absolute Gasteiger partial charge is 0.396 e. The number of hydrogen-bond acceptors (Lipinski definition) is 6. The van der Waals surface area contributed by atoms with Gasteiger partial charge in [0.1, 0.15) is 16.6 Å². The lowest BCUT2D eigenvalue weighted by atomic mass is 9.98. The lowest BCUT2D eigenvalue weighted by Gasteiger charge is -2.31. The Morgan fingerprint density at radius 3 is 2.71 bits per heavy atom. The molecule has 1 N–H and O–H groups in total. The zero-order chi connectivity index (χ0) is 27.4. The molecule has 12 heteroatoms. The van der Waals surface area contributed by atoms with E-state index < -0.39 is 33.4 Å². The maximum Gasteiger partial charge on any atom is 0.265 e. The summed E-state index contributed by atoms with van der Waals surface area (Å²) in [5, 5.41) is 10.1. The van der Waals surface area contributed by atoms with Crippen LogP contribution in [0.4, 0.5) is 14.5 Å². The van der Waals surface area contributed by atoms with Crippen LogP contribution < -0.4 is 4.31 Å². The Morgan fingerprint density at radius 1 is 1.26 bits per heavy atom. The molecule has 0 aliphatic carbocycles. The Kier molecular flexibility index (Phi) is 9.02. The number of anilines is 1. The smallest absolute Gasteiger partial charge is 0.265 e. The third kappa shape index (κ3) is 6.33. The molecule has 204 valence electrons. The predicted octanol–water partition coefficient (Wildman–Crippen LogP) is 5.19. The Morgan fingerprint density at radius 2 is 2.00 bits per heavy atom. The van der Waals surface area contributed by atoms with Crippen molar-refractivity contribution in [1.82, 2.24) is 9.88 Å². The van der Waals surface area contributed by atoms with E-state index in [9.17, 15) is 27.1 Å². The van der Waals surface area contributed by atoms with E-state index >= 15 is 0 Å². The van der Waals surface area contributed by atoms with Crippen LogP contribution in [0.25, 0.3) is 0 Å². The molecule has 1 amide bonds. The topological polar surface area (TPSA) is 90.8 Å². The molecular weight excluding hydrogens is 556 g/mol. The predicted molar refractivity (Wildman–Crippen MR) is 143 cm³/mol. The molecule has 7 nitrogen and oxygen atoms in total. The lowest BCUT2D eigenvalue weighted by molar-refractivity contribution is -0.133. The van der Waals surface area contributed by atoms with E-state index in [4.69, 9.17) is 11.6 Å². The molecule has 0 saturated carbocycles. The first-order valence-electron chi connectivity index (χ1n) is 12.2. The van der Waals surface area contributed by atoms with Gasteiger partial charge in [0.05, 0.1) is 16.6 Å². The summed E-state index contributed by atoms with van der Waals surface area (Å²) >= 11 is 7.13. The van der Waals surface area contributed by atoms with E-state index in [2.05, 4.69) is 4.98 Å². The fourth-order valence-electron chi connectivity index (χ4n) is 4.48. The van der Waals surface area contributed by atoms with Crippen molar-refractivity contribution in [1.29, 1.82) is 0 Å². The molecule has 2 atom stereocenters. The zero-order valence-electron chi connectivity index (χ0n) is 20.7. The van der Waals surface area contributed by atoms with E-state index in [-0.39, 0.29) is 29.7 Å². The van der Waals surface area contributed by atoms with Gasteiger partial charge < -0.3 is 10.0 Å². The number of aliphatic hydroxyl groups excluding tert-OH is 1. The normalized spacial score (nSPS) is 16.9. The van der Waals surface area contributed by atoms with Crippen molar-refractivity contribution in [2.24, 2.45) is 5.92 Å². The summed E-state index contributed by atoms with van der Waals surface area (Å²) < 4.78 is 57.2. The number of sulfonamides is 1. The Hall–Kier alpha value is -2.60. The van der Waals surface area contributed by atoms with E-state index in [0.29, 0.717) is 29.5 Å². The summed E-state index contributed by atoms with van der Waals surface area (Å²) in [7, 11) is -4.34. The third-order valence-corrected chi connectivity index (χ3v) is 9.89. The van der Waals surface area contributed by atoms with Gasteiger partial charge >= 0.3 is 0 Å². The summed E-state index contributed by atoms with van der Waals surface area (Å²) in [5.74, 6) is -1.61. The van der Waals surface area contributed by atoms with Gasteiger partial charge in [-0.2, -0.15) is 0 Å². The molecule has 1 fully saturated rings. The highest BCUT2D eigenvalue weighted by Gasteiger charge is 2.34. The van der Waals surface area contributed by atoms with Gasteiger partial charge in [-0.15, -0.1) is 11.3 Å². The molecular formula is C26H28ClF2N3O4S2. The third-order valence-electron chi connectivity index (χ3n) is 6.51. The number of likely N-dealkylation sites (tertiary alicyclic amines) is 1. The van der Waals surface area contributed by atoms with Crippen molar-refractivity contribution in [2.45, 2.75) is 43.5 Å². The minimum Gasteiger partial charge on any atom is -0.396 e. The van der Waals surface area contributed by atoms with Gasteiger partial charge in [-0.1, -0.05) is 11.6 Å². The first-order chi connectivity index (χ1) is 18.1. The standard InChI is InChI=1S/C26H28ClF2N3O4S2/c1-17(26-30-14-21(37-26)7-11-25(34)31-12-2-3-18(15-31)16-33)32(24-13-20(28)6-10-23(24)29)38(35,36)22-8-4-19(27)5-9-22/h4-6,8-10,13-14,17-18,33H,2-3,7,11-12,15-16H2,1H3. The van der Waals surface area contributed by atoms with Crippen LogP contribution >= 0.6 is 22.9 Å². The minimum absolute atomic E-state index is 0.0140. The second-order valence-electron chi connectivity index (χ2n) is 9.22. The molecule has 1 saturated heterocycles. The van der Waals surface area contributed by atoms with E-state index in [1.54, 1.807) is 18.0 Å². The van der Waals surface area contributed by atoms with Gasteiger partial charge in [0.15, 0.2) is 0 Å². The van der Waals surface area contributed by atoms with Crippen molar-refractivity contribution in [3.8, 4) is 0 Å². The van der Waals surface area contributed by atoms with Crippen molar-refractivity contribution >= 4 is 44.6 Å². The Labute approximate surface area is 229 Å². The van der Waals surface area contributed by atoms with Gasteiger partial charge in [0, 0.05) is 48.3 Å². The number of rotatable bonds is 9. The molecule has 1 aliphatic heterocycles. The van der Waals surface area contributed by atoms with Crippen LogP contribution in [0.5, 0.6) is 0 Å². The number of aryl methyl sites for hydroxylation is 1. The number of aliphatic hydroxyl groups is 1. The highest BCUT2D eigenvalue weighted by molar-refractivity contribution is 7.92. The molecule has 1 aromatic heterocycles. The van der Waals surface area contributed by atoms with Crippen LogP contribution in [0.15, 0.2) is 53.6 Å². The van der Waals surface area contributed by atoms with Gasteiger partial charge in [0.2, 0.25) is 5.91 Å². The summed E-state index contributed by atoms with van der Waals surface area (Å²) in [4.78, 5) is 19.5. The highest BCUT2D eigenvalue weighted by Crippen LogP contribution is 2.37. The SMILES string of the molecule is CC(c1ncc(CCC(=O)N2CCCC(CO)C2)s1)N(c1cc(F)ccc1F)S(=O)(=O)c1ccc(Cl)cc1. The van der Waals surface area contributed by atoms with Crippen LogP contribution in [-0.2, 0) is 21.2 Å². The molecule has 4 rings (SSSR count). The van der Waals surface area contributed by atoms with Crippen LogP contribution in [0.3, 0.4) is 0 Å². The first kappa shape index (κ1) is 28.4. The number of amides is 1. The van der Waals surface area contributed by atoms with Crippen LogP contribution in [0.1, 0.15) is 42.1 Å². The van der Waals surface area contributed by atoms with E-state index in [0.717, 1.165) is 40.2 Å². The lowest BCUT2D eigenvalue weighted by Crippen LogP contribution is -2.41. The van der Waals surface area contributed by atoms with Crippen LogP contribution in [0.2, 0.25) is 5.02 Å². The molecule has 3 aromatic rings. The Balaban J connectivity index is 1.58. The van der Waals surface area contributed by atoms with Crippen molar-refractivity contribution < 1.29 is 27.1 Å². The van der Waals surface area contributed by atoms with Crippen molar-refractivity contribution in [3.05, 3.63) is 75.2 Å². The number of benzene rings is 2. The fraction of sp³-hybridized carbons (Fsp3) is 0.385. The summed E-state index contributed by atoms with van der Waals surface area (Å²) in [6, 6.07) is 7.07. The maximum absolute atomic E-state index is 14.9. The number of carbonyl (C=O) groups excluding carboxylic acids is 1. The number of piperidine rings is 1. The number of carbonyl (C=O) groups is 1. The minimum atomic E-state index is -4.34. The van der Waals surface area contributed by atoms with Gasteiger partial charge in [-0.05, 0) is 68.5 Å². The quantitative estimate of drug-likeness (QED) is 0.374. The first-order valence-corrected chi connectivity index (χ1v) is 14.8. The molecule has 38 heavy (non-hydrogen) atoms. The van der Waals surface area contributed by atoms with E-state index in [1.165, 1.54) is 35.6 Å².